The molecule has 16 heavy (non-hydrogen) atoms. The summed E-state index contributed by atoms with van der Waals surface area (Å²) in [5.41, 5.74) is 0. The predicted molar refractivity (Wildman–Crippen MR) is 62.4 cm³/mol. The molecule has 2 saturated heterocycles. The summed E-state index contributed by atoms with van der Waals surface area (Å²) in [4.78, 5) is 28.1. The van der Waals surface area contributed by atoms with E-state index in [1.807, 2.05) is 11.8 Å². The highest BCUT2D eigenvalue weighted by molar-refractivity contribution is 7.99. The molecule has 2 N–H and O–H groups in total. The van der Waals surface area contributed by atoms with Crippen LogP contribution in [0.25, 0.3) is 0 Å². The van der Waals surface area contributed by atoms with E-state index in [1.165, 1.54) is 11.5 Å². The first kappa shape index (κ1) is 11.4. The zero-order valence-corrected chi connectivity index (χ0v) is 9.68. The lowest BCUT2D eigenvalue weighted by Gasteiger charge is -2.25. The first-order valence-corrected chi connectivity index (χ1v) is 6.38. The summed E-state index contributed by atoms with van der Waals surface area (Å²) in [6, 6.07) is 0. The predicted octanol–water partition coefficient (Wildman–Crippen LogP) is -1.36. The maximum absolute atomic E-state index is 10.8. The Labute approximate surface area is 97.8 Å². The van der Waals surface area contributed by atoms with E-state index >= 15 is 0 Å². The molecule has 0 spiro atoms. The Hall–Kier alpha value is -1.08. The van der Waals surface area contributed by atoms with Crippen molar-refractivity contribution in [2.45, 2.75) is 0 Å². The summed E-state index contributed by atoms with van der Waals surface area (Å²) < 4.78 is 0. The monoisotopic (exact) mass is 242 g/mol. The van der Waals surface area contributed by atoms with E-state index in [2.05, 4.69) is 20.5 Å². The maximum atomic E-state index is 10.8. The summed E-state index contributed by atoms with van der Waals surface area (Å²) >= 11 is 1.97. The molecular formula is C9H14N4O2S. The van der Waals surface area contributed by atoms with E-state index in [0.29, 0.717) is 6.54 Å². The molecule has 88 valence electrons. The zero-order chi connectivity index (χ0) is 11.4. The quantitative estimate of drug-likeness (QED) is 0.599. The average Bonchev–Trinajstić information content (AvgIpc) is 2.60. The van der Waals surface area contributed by atoms with Crippen LogP contribution < -0.4 is 10.6 Å². The van der Waals surface area contributed by atoms with Crippen LogP contribution in [0.2, 0.25) is 0 Å². The Morgan fingerprint density at radius 1 is 1.19 bits per heavy atom. The van der Waals surface area contributed by atoms with Crippen molar-refractivity contribution in [2.24, 2.45) is 4.99 Å². The van der Waals surface area contributed by atoms with Crippen molar-refractivity contribution in [3.63, 3.8) is 0 Å². The van der Waals surface area contributed by atoms with Gasteiger partial charge in [0.25, 0.3) is 0 Å². The number of amides is 2. The van der Waals surface area contributed by atoms with Gasteiger partial charge < -0.3 is 0 Å². The molecule has 0 aromatic carbocycles. The normalized spacial score (nSPS) is 21.9. The number of nitrogens with one attached hydrogen (secondary N) is 2. The Kier molecular flexibility index (Phi) is 3.79. The minimum Gasteiger partial charge on any atom is -0.300 e. The van der Waals surface area contributed by atoms with E-state index in [1.54, 1.807) is 0 Å². The third-order valence-corrected chi connectivity index (χ3v) is 3.40. The third-order valence-electron chi connectivity index (χ3n) is 2.46. The van der Waals surface area contributed by atoms with Crippen molar-refractivity contribution < 1.29 is 9.59 Å². The van der Waals surface area contributed by atoms with Crippen LogP contribution in [-0.2, 0) is 9.59 Å². The van der Waals surface area contributed by atoms with Crippen LogP contribution in [0.4, 0.5) is 0 Å². The van der Waals surface area contributed by atoms with Gasteiger partial charge in [0.15, 0.2) is 0 Å². The van der Waals surface area contributed by atoms with Gasteiger partial charge in [0.1, 0.15) is 0 Å². The Bertz CT molecular complexity index is 307. The van der Waals surface area contributed by atoms with Gasteiger partial charge in [-0.1, -0.05) is 0 Å². The molecule has 2 aliphatic heterocycles. The second-order valence-corrected chi connectivity index (χ2v) is 4.82. The molecule has 2 aliphatic rings. The summed E-state index contributed by atoms with van der Waals surface area (Å²) in [5, 5.41) is 4.74. The largest absolute Gasteiger partial charge is 0.316 e. The van der Waals surface area contributed by atoms with Crippen LogP contribution in [0.15, 0.2) is 4.99 Å². The molecule has 0 unspecified atom stereocenters. The fourth-order valence-electron chi connectivity index (χ4n) is 1.57. The average molecular weight is 242 g/mol. The van der Waals surface area contributed by atoms with E-state index < -0.39 is 11.8 Å². The fraction of sp³-hybridized carbons (Fsp3) is 0.667. The van der Waals surface area contributed by atoms with E-state index in [4.69, 9.17) is 0 Å². The van der Waals surface area contributed by atoms with Crippen molar-refractivity contribution in [2.75, 3.05) is 37.7 Å². The fourth-order valence-corrected chi connectivity index (χ4v) is 2.55. The van der Waals surface area contributed by atoms with Gasteiger partial charge >= 0.3 is 11.8 Å². The lowest BCUT2D eigenvalue weighted by Crippen LogP contribution is -2.35. The molecule has 2 amide bonds. The van der Waals surface area contributed by atoms with Crippen molar-refractivity contribution in [1.29, 1.82) is 0 Å². The molecule has 0 atom stereocenters. The first-order chi connectivity index (χ1) is 7.75. The summed E-state index contributed by atoms with van der Waals surface area (Å²) in [5.74, 6) is 1.36. The molecule has 6 nitrogen and oxygen atoms in total. The van der Waals surface area contributed by atoms with E-state index in [0.717, 1.165) is 19.6 Å². The third kappa shape index (κ3) is 2.96. The number of aliphatic imine (C=N–C) groups is 1. The van der Waals surface area contributed by atoms with E-state index in [9.17, 15) is 9.59 Å². The van der Waals surface area contributed by atoms with Gasteiger partial charge in [0.05, 0.1) is 6.54 Å². The van der Waals surface area contributed by atoms with Crippen molar-refractivity contribution >= 4 is 29.5 Å². The minimum absolute atomic E-state index is 0.279. The smallest absolute Gasteiger partial charge is 0.300 e. The summed E-state index contributed by atoms with van der Waals surface area (Å²) in [7, 11) is 0. The Morgan fingerprint density at radius 2 is 1.81 bits per heavy atom. The highest BCUT2D eigenvalue weighted by Gasteiger charge is 2.24. The molecule has 0 bridgehead atoms. The van der Waals surface area contributed by atoms with E-state index in [-0.39, 0.29) is 5.96 Å². The Balaban J connectivity index is 1.72. The highest BCUT2D eigenvalue weighted by Crippen LogP contribution is 2.08. The second kappa shape index (κ2) is 5.31. The summed E-state index contributed by atoms with van der Waals surface area (Å²) in [6.07, 6.45) is 0. The number of hydrogen-bond acceptors (Lipinski definition) is 5. The van der Waals surface area contributed by atoms with Crippen LogP contribution in [0, 0.1) is 0 Å². The Morgan fingerprint density at radius 3 is 2.44 bits per heavy atom. The van der Waals surface area contributed by atoms with Crippen molar-refractivity contribution in [1.82, 2.24) is 15.5 Å². The number of hydrogen-bond donors (Lipinski definition) is 2. The van der Waals surface area contributed by atoms with Crippen LogP contribution in [0.3, 0.4) is 0 Å². The lowest BCUT2D eigenvalue weighted by atomic mass is 10.4. The van der Waals surface area contributed by atoms with Gasteiger partial charge in [-0.2, -0.15) is 11.8 Å². The topological polar surface area (TPSA) is 73.8 Å². The minimum atomic E-state index is -0.631. The summed E-state index contributed by atoms with van der Waals surface area (Å²) in [6.45, 7) is 3.65. The van der Waals surface area contributed by atoms with Gasteiger partial charge in [-0.3, -0.25) is 30.1 Å². The van der Waals surface area contributed by atoms with Crippen molar-refractivity contribution in [3.05, 3.63) is 0 Å². The molecule has 7 heteroatoms. The van der Waals surface area contributed by atoms with Crippen LogP contribution >= 0.6 is 11.8 Å². The van der Waals surface area contributed by atoms with Gasteiger partial charge in [0.2, 0.25) is 5.96 Å². The molecule has 0 aromatic rings. The molecule has 0 saturated carbocycles. The van der Waals surface area contributed by atoms with Gasteiger partial charge in [0, 0.05) is 31.1 Å². The second-order valence-electron chi connectivity index (χ2n) is 3.59. The number of carbonyl (C=O) groups is 2. The number of guanidine groups is 1. The zero-order valence-electron chi connectivity index (χ0n) is 8.86. The van der Waals surface area contributed by atoms with Crippen LogP contribution in [-0.4, -0.2) is 60.4 Å². The number of carbonyl (C=O) groups excluding carboxylic acids is 2. The SMILES string of the molecule is O=C1NC(=NCCN2CCSCC2)NC1=O. The first-order valence-electron chi connectivity index (χ1n) is 5.22. The molecule has 2 heterocycles. The van der Waals surface area contributed by atoms with Gasteiger partial charge in [-0.15, -0.1) is 0 Å². The van der Waals surface area contributed by atoms with Gasteiger partial charge in [-0.25, -0.2) is 0 Å². The maximum Gasteiger partial charge on any atom is 0.316 e. The highest BCUT2D eigenvalue weighted by atomic mass is 32.2. The standard InChI is InChI=1S/C9H14N4O2S/c14-7-8(15)12-9(11-7)10-1-2-13-3-5-16-6-4-13/h1-6H2,(H2,10,11,12,14,15). The number of rotatable bonds is 3. The molecule has 0 aromatic heterocycles. The molecule has 2 rings (SSSR count). The van der Waals surface area contributed by atoms with Gasteiger partial charge in [-0.05, 0) is 0 Å². The number of thioether (sulfide) groups is 1. The van der Waals surface area contributed by atoms with Crippen LogP contribution in [0.5, 0.6) is 0 Å². The number of nitrogens with zero attached hydrogens (tertiary/aromatic N) is 2. The molecule has 2 fully saturated rings. The molecule has 0 radical (unpaired) electrons. The molecule has 0 aliphatic carbocycles. The van der Waals surface area contributed by atoms with Crippen LogP contribution in [0.1, 0.15) is 0 Å². The lowest BCUT2D eigenvalue weighted by molar-refractivity contribution is -0.135. The molecular weight excluding hydrogens is 228 g/mol. The van der Waals surface area contributed by atoms with Crippen molar-refractivity contribution in [3.8, 4) is 0 Å².